The highest BCUT2D eigenvalue weighted by Gasteiger charge is 2.52. The molecule has 1 amide bonds. The summed E-state index contributed by atoms with van der Waals surface area (Å²) in [5, 5.41) is 7.17. The van der Waals surface area contributed by atoms with E-state index in [9.17, 15) is 9.18 Å². The topological polar surface area (TPSA) is 59.8 Å². The number of amides is 1. The number of hydrogen-bond acceptors (Lipinski definition) is 3. The minimum atomic E-state index is -0.777. The number of anilines is 1. The molecule has 0 radical (unpaired) electrons. The molecular formula is C19H17FN4O. The van der Waals surface area contributed by atoms with Crippen LogP contribution in [0.3, 0.4) is 0 Å². The number of benzene rings is 1. The molecule has 126 valence electrons. The van der Waals surface area contributed by atoms with Crippen molar-refractivity contribution in [2.45, 2.75) is 25.2 Å². The largest absolute Gasteiger partial charge is 0.308 e. The Balaban J connectivity index is 1.54. The molecule has 4 rings (SSSR count). The molecule has 6 heteroatoms. The van der Waals surface area contributed by atoms with Gasteiger partial charge in [-0.1, -0.05) is 18.2 Å². The second-order valence-electron chi connectivity index (χ2n) is 6.32. The maximum absolute atomic E-state index is 14.1. The van der Waals surface area contributed by atoms with Crippen molar-refractivity contribution in [3.05, 3.63) is 71.9 Å². The van der Waals surface area contributed by atoms with E-state index >= 15 is 0 Å². The van der Waals surface area contributed by atoms with Crippen molar-refractivity contribution in [3.8, 4) is 5.69 Å². The Kier molecular flexibility index (Phi) is 3.60. The first-order valence-corrected chi connectivity index (χ1v) is 8.14. The Hall–Kier alpha value is -3.02. The van der Waals surface area contributed by atoms with Gasteiger partial charge in [-0.2, -0.15) is 5.10 Å². The highest BCUT2D eigenvalue weighted by Crippen LogP contribution is 2.49. The van der Waals surface area contributed by atoms with Crippen LogP contribution in [0.5, 0.6) is 0 Å². The maximum Gasteiger partial charge on any atom is 0.236 e. The van der Waals surface area contributed by atoms with Crippen LogP contribution in [0.15, 0.2) is 54.9 Å². The molecule has 1 N–H and O–H groups in total. The second-order valence-corrected chi connectivity index (χ2v) is 6.32. The molecule has 0 atom stereocenters. The fourth-order valence-corrected chi connectivity index (χ4v) is 2.96. The number of carbonyl (C=O) groups is 1. The molecule has 25 heavy (non-hydrogen) atoms. The van der Waals surface area contributed by atoms with E-state index < -0.39 is 5.41 Å². The molecule has 5 nitrogen and oxygen atoms in total. The van der Waals surface area contributed by atoms with Gasteiger partial charge in [-0.15, -0.1) is 0 Å². The van der Waals surface area contributed by atoms with E-state index in [1.807, 2.05) is 19.1 Å². The van der Waals surface area contributed by atoms with Gasteiger partial charge in [0.2, 0.25) is 5.91 Å². The number of halogens is 1. The van der Waals surface area contributed by atoms with Crippen LogP contribution in [0.4, 0.5) is 10.2 Å². The summed E-state index contributed by atoms with van der Waals surface area (Å²) in [5.74, 6) is -0.121. The summed E-state index contributed by atoms with van der Waals surface area (Å²) >= 11 is 0. The highest BCUT2D eigenvalue weighted by atomic mass is 19.1. The third-order valence-corrected chi connectivity index (χ3v) is 4.57. The Labute approximate surface area is 144 Å². The van der Waals surface area contributed by atoms with Crippen molar-refractivity contribution >= 4 is 11.7 Å². The number of pyridine rings is 1. The Bertz CT molecular complexity index is 929. The van der Waals surface area contributed by atoms with Gasteiger partial charge in [-0.25, -0.2) is 9.07 Å². The van der Waals surface area contributed by atoms with Crippen LogP contribution in [0, 0.1) is 12.7 Å². The molecule has 0 saturated heterocycles. The molecule has 1 aliphatic rings. The first-order valence-electron chi connectivity index (χ1n) is 8.14. The Morgan fingerprint density at radius 2 is 2.00 bits per heavy atom. The minimum absolute atomic E-state index is 0.218. The zero-order valence-corrected chi connectivity index (χ0v) is 13.7. The van der Waals surface area contributed by atoms with Gasteiger partial charge in [0.05, 0.1) is 17.3 Å². The molecule has 0 spiro atoms. The summed E-state index contributed by atoms with van der Waals surface area (Å²) in [4.78, 5) is 16.9. The van der Waals surface area contributed by atoms with E-state index in [0.717, 1.165) is 11.4 Å². The van der Waals surface area contributed by atoms with Gasteiger partial charge >= 0.3 is 0 Å². The molecule has 2 heterocycles. The maximum atomic E-state index is 14.1. The van der Waals surface area contributed by atoms with E-state index in [0.29, 0.717) is 24.2 Å². The Morgan fingerprint density at radius 1 is 1.20 bits per heavy atom. The lowest BCUT2D eigenvalue weighted by Gasteiger charge is -2.15. The normalized spacial score (nSPS) is 15.0. The van der Waals surface area contributed by atoms with Crippen molar-refractivity contribution in [1.82, 2.24) is 14.8 Å². The van der Waals surface area contributed by atoms with Crippen LogP contribution in [0.1, 0.15) is 24.1 Å². The zero-order chi connectivity index (χ0) is 17.4. The van der Waals surface area contributed by atoms with E-state index in [1.54, 1.807) is 41.3 Å². The molecule has 3 aromatic rings. The van der Waals surface area contributed by atoms with E-state index in [2.05, 4.69) is 15.4 Å². The lowest BCUT2D eigenvalue weighted by Crippen LogP contribution is -2.29. The average Bonchev–Trinajstić information content (AvgIpc) is 3.29. The van der Waals surface area contributed by atoms with Crippen molar-refractivity contribution < 1.29 is 9.18 Å². The summed E-state index contributed by atoms with van der Waals surface area (Å²) in [7, 11) is 0. The van der Waals surface area contributed by atoms with Gasteiger partial charge in [-0.3, -0.25) is 9.78 Å². The number of nitrogens with one attached hydrogen (secondary N) is 1. The number of rotatable bonds is 4. The van der Waals surface area contributed by atoms with E-state index in [-0.39, 0.29) is 11.7 Å². The molecular weight excluding hydrogens is 319 g/mol. The standard InChI is InChI=1S/C19H17FN4O/c1-13-6-7-14(12-21-13)24-11-8-17(23-24)22-18(25)19(9-10-19)15-4-2-3-5-16(15)20/h2-8,11-12H,9-10H2,1H3,(H,22,23,25). The number of aryl methyl sites for hydroxylation is 1. The minimum Gasteiger partial charge on any atom is -0.308 e. The molecule has 2 aromatic heterocycles. The predicted octanol–water partition coefficient (Wildman–Crippen LogP) is 3.39. The van der Waals surface area contributed by atoms with E-state index in [1.165, 1.54) is 6.07 Å². The number of hydrogen-bond donors (Lipinski definition) is 1. The molecule has 0 bridgehead atoms. The van der Waals surface area contributed by atoms with Crippen molar-refractivity contribution in [3.63, 3.8) is 0 Å². The van der Waals surface area contributed by atoms with Crippen molar-refractivity contribution in [2.24, 2.45) is 0 Å². The Morgan fingerprint density at radius 3 is 2.68 bits per heavy atom. The fourth-order valence-electron chi connectivity index (χ4n) is 2.96. The number of carbonyl (C=O) groups excluding carboxylic acids is 1. The first-order chi connectivity index (χ1) is 12.1. The summed E-state index contributed by atoms with van der Waals surface area (Å²) in [6.45, 7) is 1.91. The van der Waals surface area contributed by atoms with Crippen LogP contribution in [-0.2, 0) is 10.2 Å². The van der Waals surface area contributed by atoms with Crippen LogP contribution >= 0.6 is 0 Å². The van der Waals surface area contributed by atoms with Crippen LogP contribution in [-0.4, -0.2) is 20.7 Å². The smallest absolute Gasteiger partial charge is 0.236 e. The van der Waals surface area contributed by atoms with Crippen molar-refractivity contribution in [1.29, 1.82) is 0 Å². The van der Waals surface area contributed by atoms with Gasteiger partial charge in [0.15, 0.2) is 5.82 Å². The molecule has 1 saturated carbocycles. The second kappa shape index (κ2) is 5.81. The lowest BCUT2D eigenvalue weighted by molar-refractivity contribution is -0.118. The van der Waals surface area contributed by atoms with Crippen LogP contribution in [0.2, 0.25) is 0 Å². The number of nitrogens with zero attached hydrogens (tertiary/aromatic N) is 3. The summed E-state index contributed by atoms with van der Waals surface area (Å²) in [6, 6.07) is 12.0. The van der Waals surface area contributed by atoms with Gasteiger partial charge in [0.25, 0.3) is 0 Å². The SMILES string of the molecule is Cc1ccc(-n2ccc(NC(=O)C3(c4ccccc4F)CC3)n2)cn1. The monoisotopic (exact) mass is 336 g/mol. The molecule has 0 unspecified atom stereocenters. The molecule has 1 aromatic carbocycles. The summed E-state index contributed by atoms with van der Waals surface area (Å²) in [6.07, 6.45) is 4.75. The molecule has 1 aliphatic carbocycles. The molecule has 1 fully saturated rings. The summed E-state index contributed by atoms with van der Waals surface area (Å²) in [5.41, 5.74) is 1.40. The third-order valence-electron chi connectivity index (χ3n) is 4.57. The van der Waals surface area contributed by atoms with Gasteiger partial charge < -0.3 is 5.32 Å². The van der Waals surface area contributed by atoms with Gasteiger partial charge in [0, 0.05) is 23.5 Å². The van der Waals surface area contributed by atoms with Gasteiger partial charge in [0.1, 0.15) is 5.82 Å². The van der Waals surface area contributed by atoms with Crippen molar-refractivity contribution in [2.75, 3.05) is 5.32 Å². The summed E-state index contributed by atoms with van der Waals surface area (Å²) < 4.78 is 15.7. The lowest BCUT2D eigenvalue weighted by atomic mass is 9.94. The average molecular weight is 336 g/mol. The number of aromatic nitrogens is 3. The van der Waals surface area contributed by atoms with Crippen LogP contribution in [0.25, 0.3) is 5.69 Å². The molecule has 0 aliphatic heterocycles. The fraction of sp³-hybridized carbons (Fsp3) is 0.211. The third kappa shape index (κ3) is 2.80. The quantitative estimate of drug-likeness (QED) is 0.794. The first kappa shape index (κ1) is 15.5. The van der Waals surface area contributed by atoms with Gasteiger partial charge in [-0.05, 0) is 38.0 Å². The predicted molar refractivity (Wildman–Crippen MR) is 92.0 cm³/mol. The van der Waals surface area contributed by atoms with E-state index in [4.69, 9.17) is 0 Å². The van der Waals surface area contributed by atoms with Crippen LogP contribution < -0.4 is 5.32 Å². The zero-order valence-electron chi connectivity index (χ0n) is 13.7. The highest BCUT2D eigenvalue weighted by molar-refractivity contribution is 6.00.